The van der Waals surface area contributed by atoms with Crippen LogP contribution in [0.2, 0.25) is 0 Å². The lowest BCUT2D eigenvalue weighted by Crippen LogP contribution is -2.10. The molecular formula is C27H24F3N5O3S. The number of hydrogen-bond acceptors (Lipinski definition) is 8. The van der Waals surface area contributed by atoms with Crippen molar-refractivity contribution in [3.05, 3.63) is 78.3 Å². The van der Waals surface area contributed by atoms with Crippen LogP contribution in [0.4, 0.5) is 24.8 Å². The Labute approximate surface area is 226 Å². The van der Waals surface area contributed by atoms with Crippen molar-refractivity contribution in [2.75, 3.05) is 25.3 Å². The molecule has 0 unspecified atom stereocenters. The summed E-state index contributed by atoms with van der Waals surface area (Å²) >= 11 is 1.52. The first-order valence-corrected chi connectivity index (χ1v) is 12.9. The smallest absolute Gasteiger partial charge is 0.435 e. The van der Waals surface area contributed by atoms with Crippen LogP contribution in [0.25, 0.3) is 23.0 Å². The molecule has 0 spiro atoms. The summed E-state index contributed by atoms with van der Waals surface area (Å²) in [6, 6.07) is 13.4. The Morgan fingerprint density at radius 2 is 2.00 bits per heavy atom. The summed E-state index contributed by atoms with van der Waals surface area (Å²) in [5, 5.41) is 6.81. The van der Waals surface area contributed by atoms with E-state index in [1.54, 1.807) is 50.4 Å². The predicted molar refractivity (Wildman–Crippen MR) is 143 cm³/mol. The maximum absolute atomic E-state index is 13.3. The van der Waals surface area contributed by atoms with E-state index in [4.69, 9.17) is 9.47 Å². The van der Waals surface area contributed by atoms with Crippen molar-refractivity contribution in [2.45, 2.75) is 18.0 Å². The minimum atomic E-state index is -4.62. The number of alkyl halides is 3. The highest BCUT2D eigenvalue weighted by Crippen LogP contribution is 2.32. The van der Waals surface area contributed by atoms with Gasteiger partial charge in [-0.1, -0.05) is 18.2 Å². The molecule has 2 aromatic heterocycles. The Bertz CT molecular complexity index is 1480. The number of anilines is 2. The Morgan fingerprint density at radius 1 is 1.18 bits per heavy atom. The molecule has 4 rings (SSSR count). The minimum absolute atomic E-state index is 0.127. The van der Waals surface area contributed by atoms with Gasteiger partial charge in [-0.3, -0.25) is 0 Å². The Kier molecular flexibility index (Phi) is 8.55. The number of ether oxygens (including phenoxy) is 2. The number of carbonyl (C=O) groups is 1. The highest BCUT2D eigenvalue weighted by Gasteiger charge is 2.34. The van der Waals surface area contributed by atoms with Crippen molar-refractivity contribution >= 4 is 35.4 Å². The number of thioether (sulfide) groups is 1. The number of methoxy groups -OCH3 is 1. The van der Waals surface area contributed by atoms with Gasteiger partial charge in [0.05, 0.1) is 13.7 Å². The number of hydrogen-bond donors (Lipinski definition) is 1. The molecule has 4 aromatic rings. The van der Waals surface area contributed by atoms with Crippen LogP contribution in [0.5, 0.6) is 5.75 Å². The van der Waals surface area contributed by atoms with Crippen LogP contribution in [-0.2, 0) is 15.7 Å². The van der Waals surface area contributed by atoms with E-state index >= 15 is 0 Å². The van der Waals surface area contributed by atoms with E-state index in [-0.39, 0.29) is 18.4 Å². The first-order chi connectivity index (χ1) is 18.7. The van der Waals surface area contributed by atoms with Gasteiger partial charge in [0, 0.05) is 40.7 Å². The molecule has 39 heavy (non-hydrogen) atoms. The van der Waals surface area contributed by atoms with Gasteiger partial charge in [0.25, 0.3) is 0 Å². The molecule has 0 atom stereocenters. The maximum atomic E-state index is 13.3. The number of nitrogens with zero attached hydrogens (tertiary/aromatic N) is 4. The topological polar surface area (TPSA) is 91.2 Å². The van der Waals surface area contributed by atoms with E-state index in [9.17, 15) is 18.0 Å². The van der Waals surface area contributed by atoms with E-state index in [1.807, 2.05) is 18.4 Å². The van der Waals surface area contributed by atoms with E-state index in [0.717, 1.165) is 15.6 Å². The molecule has 2 aromatic carbocycles. The highest BCUT2D eigenvalue weighted by molar-refractivity contribution is 7.98. The molecule has 0 saturated heterocycles. The van der Waals surface area contributed by atoms with Crippen molar-refractivity contribution in [3.63, 3.8) is 0 Å². The van der Waals surface area contributed by atoms with Gasteiger partial charge < -0.3 is 14.8 Å². The van der Waals surface area contributed by atoms with E-state index in [1.165, 1.54) is 30.2 Å². The zero-order valence-electron chi connectivity index (χ0n) is 21.2. The third kappa shape index (κ3) is 6.96. The van der Waals surface area contributed by atoms with Gasteiger partial charge >= 0.3 is 12.1 Å². The number of carbonyl (C=O) groups excluding carboxylic acids is 1. The van der Waals surface area contributed by atoms with Gasteiger partial charge in [0.15, 0.2) is 11.5 Å². The van der Waals surface area contributed by atoms with Crippen LogP contribution in [0.1, 0.15) is 18.2 Å². The van der Waals surface area contributed by atoms with Crippen molar-refractivity contribution in [1.29, 1.82) is 0 Å². The second-order valence-corrected chi connectivity index (χ2v) is 8.89. The largest absolute Gasteiger partial charge is 0.497 e. The maximum Gasteiger partial charge on any atom is 0.435 e. The number of benzene rings is 2. The van der Waals surface area contributed by atoms with Crippen LogP contribution in [-0.4, -0.2) is 45.7 Å². The monoisotopic (exact) mass is 555 g/mol. The van der Waals surface area contributed by atoms with Crippen LogP contribution in [0, 0.1) is 0 Å². The summed E-state index contributed by atoms with van der Waals surface area (Å²) in [6.07, 6.45) is 2.89. The van der Waals surface area contributed by atoms with E-state index < -0.39 is 17.8 Å². The fraction of sp³-hybridized carbons (Fsp3) is 0.185. The molecule has 0 radical (unpaired) electrons. The Morgan fingerprint density at radius 3 is 2.69 bits per heavy atom. The SMILES string of the molecule is CCOC(=O)/C=C/c1cccc(-c2cnc(Nc3cc(OC)cc(SC)c3)nc2-n2ccc(C(F)(F)F)n2)c1. The van der Waals surface area contributed by atoms with Crippen molar-refractivity contribution < 1.29 is 27.4 Å². The molecule has 1 N–H and O–H groups in total. The number of nitrogens with one attached hydrogen (secondary N) is 1. The summed E-state index contributed by atoms with van der Waals surface area (Å²) in [5.41, 5.74) is 1.30. The molecule has 202 valence electrons. The molecule has 8 nitrogen and oxygen atoms in total. The quantitative estimate of drug-likeness (QED) is 0.144. The van der Waals surface area contributed by atoms with Crippen LogP contribution >= 0.6 is 11.8 Å². The van der Waals surface area contributed by atoms with Gasteiger partial charge in [-0.15, -0.1) is 11.8 Å². The standard InChI is InChI=1S/C27H24F3N5O3S/c1-4-38-24(36)9-8-17-6-5-7-18(12-17)22-16-31-26(32-19-13-20(37-2)15-21(14-19)39-3)33-25(22)35-11-10-23(34-35)27(28,29)30/h5-16H,4H2,1-3H3,(H,31,32,33)/b9-8+. The highest BCUT2D eigenvalue weighted by atomic mass is 32.2. The van der Waals surface area contributed by atoms with Gasteiger partial charge in [-0.05, 0) is 54.6 Å². The van der Waals surface area contributed by atoms with Crippen LogP contribution < -0.4 is 10.1 Å². The average molecular weight is 556 g/mol. The van der Waals surface area contributed by atoms with E-state index in [0.29, 0.717) is 28.1 Å². The molecule has 0 aliphatic rings. The minimum Gasteiger partial charge on any atom is -0.497 e. The Balaban J connectivity index is 1.77. The lowest BCUT2D eigenvalue weighted by molar-refractivity contribution is -0.141. The first kappa shape index (κ1) is 27.7. The molecule has 0 aliphatic heterocycles. The lowest BCUT2D eigenvalue weighted by Gasteiger charge is -2.13. The molecular weight excluding hydrogens is 531 g/mol. The Hall–Kier alpha value is -4.32. The fourth-order valence-electron chi connectivity index (χ4n) is 3.58. The van der Waals surface area contributed by atoms with Crippen molar-refractivity contribution in [2.24, 2.45) is 0 Å². The fourth-order valence-corrected chi connectivity index (χ4v) is 4.06. The van der Waals surface area contributed by atoms with Gasteiger partial charge in [0.1, 0.15) is 5.75 Å². The van der Waals surface area contributed by atoms with Gasteiger partial charge in [0.2, 0.25) is 5.95 Å². The summed E-state index contributed by atoms with van der Waals surface area (Å²) in [6.45, 7) is 1.96. The number of halogens is 3. The zero-order chi connectivity index (χ0) is 28.0. The second-order valence-electron chi connectivity index (χ2n) is 8.01. The molecule has 2 heterocycles. The second kappa shape index (κ2) is 12.0. The number of rotatable bonds is 9. The summed E-state index contributed by atoms with van der Waals surface area (Å²) in [4.78, 5) is 21.6. The van der Waals surface area contributed by atoms with Crippen molar-refractivity contribution in [1.82, 2.24) is 19.7 Å². The predicted octanol–water partition coefficient (Wildman–Crippen LogP) is 6.40. The molecule has 0 saturated carbocycles. The lowest BCUT2D eigenvalue weighted by atomic mass is 10.0. The average Bonchev–Trinajstić information content (AvgIpc) is 3.43. The molecule has 12 heteroatoms. The molecule has 0 fully saturated rings. The number of aromatic nitrogens is 4. The van der Waals surface area contributed by atoms with Crippen LogP contribution in [0.15, 0.2) is 71.9 Å². The summed E-state index contributed by atoms with van der Waals surface area (Å²) in [7, 11) is 1.55. The summed E-state index contributed by atoms with van der Waals surface area (Å²) < 4.78 is 51.3. The van der Waals surface area contributed by atoms with Crippen molar-refractivity contribution in [3.8, 4) is 22.7 Å². The normalized spacial score (nSPS) is 11.5. The van der Waals surface area contributed by atoms with Crippen LogP contribution in [0.3, 0.4) is 0 Å². The zero-order valence-corrected chi connectivity index (χ0v) is 22.0. The summed E-state index contributed by atoms with van der Waals surface area (Å²) in [5.74, 6) is 0.413. The van der Waals surface area contributed by atoms with Gasteiger partial charge in [-0.2, -0.15) is 23.3 Å². The van der Waals surface area contributed by atoms with E-state index in [2.05, 4.69) is 20.4 Å². The number of esters is 1. The van der Waals surface area contributed by atoms with Gasteiger partial charge in [-0.25, -0.2) is 14.5 Å². The molecule has 0 bridgehead atoms. The molecule has 0 amide bonds. The first-order valence-electron chi connectivity index (χ1n) is 11.7. The third-order valence-corrected chi connectivity index (χ3v) is 6.08. The third-order valence-electron chi connectivity index (χ3n) is 5.37. The molecule has 0 aliphatic carbocycles.